The minimum Gasteiger partial charge on any atom is -0.462 e. The van der Waals surface area contributed by atoms with Crippen LogP contribution in [0.25, 0.3) is 0 Å². The van der Waals surface area contributed by atoms with E-state index < -0.39 is 77.8 Å². The average Bonchev–Trinajstić information content (AvgIpc) is 3.28. The summed E-state index contributed by atoms with van der Waals surface area (Å²) in [6.07, 6.45) is 52.0. The van der Waals surface area contributed by atoms with Crippen molar-refractivity contribution < 1.29 is 56.8 Å². The van der Waals surface area contributed by atoms with Gasteiger partial charge in [0, 0.05) is 12.8 Å². The summed E-state index contributed by atoms with van der Waals surface area (Å²) in [5, 5.41) is 30.9. The molecule has 0 radical (unpaired) electrons. The average molecular weight is 939 g/mol. The molecule has 6 unspecified atom stereocenters. The Balaban J connectivity index is 2.56. The quantitative estimate of drug-likeness (QED) is 0.0265. The first-order valence-electron chi connectivity index (χ1n) is 23.4. The lowest BCUT2D eigenvalue weighted by Crippen LogP contribution is -2.60. The van der Waals surface area contributed by atoms with Crippen molar-refractivity contribution in [1.82, 2.24) is 0 Å². The molecular formula is C53H78O12S. The minimum absolute atomic E-state index is 0.0131. The number of carbonyl (C=O) groups excluding carboxylic acids is 2. The maximum Gasteiger partial charge on any atom is 0.306 e. The van der Waals surface area contributed by atoms with Crippen molar-refractivity contribution in [2.45, 2.75) is 153 Å². The lowest BCUT2D eigenvalue weighted by atomic mass is 10.00. The lowest BCUT2D eigenvalue weighted by Gasteiger charge is -2.40. The minimum atomic E-state index is -4.63. The Kier molecular flexibility index (Phi) is 36.8. The van der Waals surface area contributed by atoms with E-state index in [9.17, 15) is 37.9 Å². The van der Waals surface area contributed by atoms with Crippen LogP contribution in [0.2, 0.25) is 0 Å². The topological polar surface area (TPSA) is 186 Å². The first-order chi connectivity index (χ1) is 32.0. The summed E-state index contributed by atoms with van der Waals surface area (Å²) >= 11 is 0. The Bertz CT molecular complexity index is 1760. The van der Waals surface area contributed by atoms with Gasteiger partial charge in [-0.3, -0.25) is 14.1 Å². The highest BCUT2D eigenvalue weighted by molar-refractivity contribution is 7.85. The predicted molar refractivity (Wildman–Crippen MR) is 265 cm³/mol. The number of hydrogen-bond donors (Lipinski definition) is 4. The molecule has 66 heavy (non-hydrogen) atoms. The van der Waals surface area contributed by atoms with Crippen LogP contribution in [0.15, 0.2) is 146 Å². The first kappa shape index (κ1) is 59.5. The normalized spacial score (nSPS) is 20.7. The van der Waals surface area contributed by atoms with E-state index in [2.05, 4.69) is 123 Å². The molecule has 0 aromatic carbocycles. The van der Waals surface area contributed by atoms with Crippen LogP contribution in [0.4, 0.5) is 0 Å². The maximum atomic E-state index is 12.8. The van der Waals surface area contributed by atoms with Crippen molar-refractivity contribution in [2.24, 2.45) is 0 Å². The molecule has 0 aromatic rings. The molecule has 1 aliphatic heterocycles. The van der Waals surface area contributed by atoms with Gasteiger partial charge in [0.2, 0.25) is 0 Å². The van der Waals surface area contributed by atoms with Gasteiger partial charge in [0.05, 0.1) is 6.61 Å². The van der Waals surface area contributed by atoms with Crippen LogP contribution >= 0.6 is 0 Å². The number of aliphatic hydroxyl groups is 3. The summed E-state index contributed by atoms with van der Waals surface area (Å²) in [4.78, 5) is 25.4. The van der Waals surface area contributed by atoms with Gasteiger partial charge in [-0.1, -0.05) is 160 Å². The second kappa shape index (κ2) is 40.8. The number of aliphatic hydroxyl groups excluding tert-OH is 3. The molecule has 368 valence electrons. The van der Waals surface area contributed by atoms with Gasteiger partial charge < -0.3 is 34.3 Å². The largest absolute Gasteiger partial charge is 0.462 e. The second-order valence-electron chi connectivity index (χ2n) is 15.3. The number of carbonyl (C=O) groups is 2. The highest BCUT2D eigenvalue weighted by Gasteiger charge is 2.46. The second-order valence-corrected chi connectivity index (χ2v) is 16.8. The van der Waals surface area contributed by atoms with E-state index in [1.165, 1.54) is 0 Å². The van der Waals surface area contributed by atoms with E-state index in [4.69, 9.17) is 18.9 Å². The Morgan fingerprint density at radius 1 is 0.500 bits per heavy atom. The molecule has 1 aliphatic rings. The van der Waals surface area contributed by atoms with Crippen LogP contribution in [0, 0.1) is 0 Å². The molecule has 6 atom stereocenters. The summed E-state index contributed by atoms with van der Waals surface area (Å²) in [6, 6.07) is 0. The zero-order valence-electron chi connectivity index (χ0n) is 39.2. The Labute approximate surface area is 395 Å². The SMILES string of the molecule is CC/C=C\C/C=C\C/C=C\C/C=C\C/C=C\C/C=C\CCC(=O)OCC(COC1OC(CS(=O)(=O)O)C(O)C(O)C1O)OC(=O)CC/C=C\C/C=C\C/C=C\C/C=C\C/C=C\C/C=C\CC. The van der Waals surface area contributed by atoms with Gasteiger partial charge in [-0.05, 0) is 89.9 Å². The standard InChI is InChI=1S/C53H78O12S/c1-3-5-7-9-11-13-15-17-19-21-23-25-27-29-31-33-35-37-39-41-48(54)62-43-46(44-63-53-52(58)51(57)50(56)47(65-53)45-66(59,60)61)64-49(55)42-40-38-36-34-32-30-28-26-24-22-20-18-16-14-12-10-8-6-4-2/h5-8,11-14,17-20,23-26,29-32,35-38,46-47,50-53,56-58H,3-4,9-10,15-16,21-22,27-28,33-34,39-45H2,1-2H3,(H,59,60,61)/b7-5-,8-6-,13-11-,14-12-,19-17-,20-18-,25-23-,26-24-,31-29-,32-30-,37-35-,38-36-. The summed E-state index contributed by atoms with van der Waals surface area (Å²) in [7, 11) is -4.63. The molecule has 4 N–H and O–H groups in total. The smallest absolute Gasteiger partial charge is 0.306 e. The van der Waals surface area contributed by atoms with E-state index >= 15 is 0 Å². The maximum absolute atomic E-state index is 12.8. The fraction of sp³-hybridized carbons (Fsp3) is 0.509. The number of ether oxygens (including phenoxy) is 4. The number of allylic oxidation sites excluding steroid dienone is 24. The van der Waals surface area contributed by atoms with E-state index in [0.29, 0.717) is 25.7 Å². The first-order valence-corrected chi connectivity index (χ1v) is 25.0. The number of rotatable bonds is 36. The summed E-state index contributed by atoms with van der Waals surface area (Å²) in [5.41, 5.74) is 0. The van der Waals surface area contributed by atoms with E-state index in [-0.39, 0.29) is 12.8 Å². The molecule has 1 fully saturated rings. The predicted octanol–water partition coefficient (Wildman–Crippen LogP) is 10.1. The Morgan fingerprint density at radius 2 is 0.848 bits per heavy atom. The van der Waals surface area contributed by atoms with Gasteiger partial charge in [0.15, 0.2) is 12.4 Å². The molecule has 0 amide bonds. The molecule has 0 bridgehead atoms. The highest BCUT2D eigenvalue weighted by Crippen LogP contribution is 2.23. The van der Waals surface area contributed by atoms with Crippen LogP contribution in [-0.2, 0) is 38.7 Å². The zero-order valence-corrected chi connectivity index (χ0v) is 40.0. The van der Waals surface area contributed by atoms with Gasteiger partial charge in [0.1, 0.15) is 36.8 Å². The van der Waals surface area contributed by atoms with Gasteiger partial charge in [0.25, 0.3) is 10.1 Å². The van der Waals surface area contributed by atoms with E-state index in [1.54, 1.807) is 0 Å². The molecular weight excluding hydrogens is 861 g/mol. The third-order valence-corrected chi connectivity index (χ3v) is 10.2. The van der Waals surface area contributed by atoms with Gasteiger partial charge in [-0.15, -0.1) is 0 Å². The molecule has 1 rings (SSSR count). The monoisotopic (exact) mass is 939 g/mol. The summed E-state index contributed by atoms with van der Waals surface area (Å²) < 4.78 is 53.9. The molecule has 1 saturated heterocycles. The molecule has 13 heteroatoms. The van der Waals surface area contributed by atoms with E-state index in [0.717, 1.165) is 64.2 Å². The summed E-state index contributed by atoms with van der Waals surface area (Å²) in [5.74, 6) is -2.23. The fourth-order valence-electron chi connectivity index (χ4n) is 5.90. The van der Waals surface area contributed by atoms with Gasteiger partial charge >= 0.3 is 11.9 Å². The lowest BCUT2D eigenvalue weighted by molar-refractivity contribution is -0.297. The van der Waals surface area contributed by atoms with Crippen molar-refractivity contribution in [3.05, 3.63) is 146 Å². The molecule has 0 aromatic heterocycles. The van der Waals surface area contributed by atoms with Crippen LogP contribution in [-0.4, -0.2) is 96.0 Å². The third kappa shape index (κ3) is 34.8. The Morgan fingerprint density at radius 3 is 1.21 bits per heavy atom. The molecule has 0 saturated carbocycles. The number of esters is 2. The fourth-order valence-corrected chi connectivity index (χ4v) is 6.59. The summed E-state index contributed by atoms with van der Waals surface area (Å²) in [6.45, 7) is 3.38. The number of hydrogen-bond acceptors (Lipinski definition) is 11. The van der Waals surface area contributed by atoms with Gasteiger partial charge in [-0.2, -0.15) is 8.42 Å². The molecule has 1 heterocycles. The highest BCUT2D eigenvalue weighted by atomic mass is 32.2. The van der Waals surface area contributed by atoms with Crippen LogP contribution < -0.4 is 0 Å². The molecule has 12 nitrogen and oxygen atoms in total. The molecule has 0 aliphatic carbocycles. The van der Waals surface area contributed by atoms with Gasteiger partial charge in [-0.25, -0.2) is 0 Å². The molecule has 0 spiro atoms. The van der Waals surface area contributed by atoms with Crippen molar-refractivity contribution >= 4 is 22.1 Å². The van der Waals surface area contributed by atoms with Crippen molar-refractivity contribution in [3.63, 3.8) is 0 Å². The van der Waals surface area contributed by atoms with Crippen molar-refractivity contribution in [3.8, 4) is 0 Å². The van der Waals surface area contributed by atoms with Crippen LogP contribution in [0.5, 0.6) is 0 Å². The zero-order chi connectivity index (χ0) is 48.4. The van der Waals surface area contributed by atoms with Crippen LogP contribution in [0.1, 0.15) is 117 Å². The Hall–Kier alpha value is -4.47. The van der Waals surface area contributed by atoms with Crippen LogP contribution in [0.3, 0.4) is 0 Å². The van der Waals surface area contributed by atoms with Crippen molar-refractivity contribution in [2.75, 3.05) is 19.0 Å². The van der Waals surface area contributed by atoms with E-state index in [1.807, 2.05) is 36.5 Å². The van der Waals surface area contributed by atoms with Crippen molar-refractivity contribution in [1.29, 1.82) is 0 Å². The third-order valence-electron chi connectivity index (χ3n) is 9.44.